The normalized spacial score (nSPS) is 11.1. The highest BCUT2D eigenvalue weighted by Crippen LogP contribution is 2.23. The summed E-state index contributed by atoms with van der Waals surface area (Å²) in [5, 5.41) is 0.806. The van der Waals surface area contributed by atoms with Gasteiger partial charge in [-0.2, -0.15) is 0 Å². The molecule has 3 heterocycles. The number of rotatable bonds is 4. The Morgan fingerprint density at radius 1 is 0.968 bits per heavy atom. The third kappa shape index (κ3) is 3.16. The molecule has 0 aliphatic rings. The van der Waals surface area contributed by atoms with Gasteiger partial charge in [0.1, 0.15) is 16.7 Å². The molecule has 0 saturated heterocycles. The zero-order valence-corrected chi connectivity index (χ0v) is 16.7. The number of ether oxygens (including phenoxy) is 1. The van der Waals surface area contributed by atoms with Crippen LogP contribution in [0.5, 0.6) is 0 Å². The molecule has 0 N–H and O–H groups in total. The lowest BCUT2D eigenvalue weighted by atomic mass is 10.1. The topological polar surface area (TPSA) is 79.0 Å². The Hall–Kier alpha value is -4.26. The third-order valence-electron chi connectivity index (χ3n) is 5.24. The Kier molecular flexibility index (Phi) is 4.55. The third-order valence-corrected chi connectivity index (χ3v) is 5.24. The van der Waals surface area contributed by atoms with Crippen molar-refractivity contribution in [2.45, 2.75) is 6.54 Å². The summed E-state index contributed by atoms with van der Waals surface area (Å²) >= 11 is 0. The number of hydrogen-bond acceptors (Lipinski definition) is 5. The highest BCUT2D eigenvalue weighted by molar-refractivity contribution is 6.01. The van der Waals surface area contributed by atoms with Crippen LogP contribution in [0.25, 0.3) is 27.8 Å². The Bertz CT molecular complexity index is 1470. The maximum absolute atomic E-state index is 13.6. The molecule has 2 aromatic carbocycles. The minimum Gasteiger partial charge on any atom is -0.465 e. The average molecular weight is 410 g/mol. The molecule has 3 aromatic heterocycles. The number of carbonyl (C=O) groups is 1. The number of benzene rings is 2. The van der Waals surface area contributed by atoms with Gasteiger partial charge in [0.15, 0.2) is 0 Å². The lowest BCUT2D eigenvalue weighted by Gasteiger charge is -2.11. The molecule has 7 heteroatoms. The second-order valence-electron chi connectivity index (χ2n) is 7.11. The maximum atomic E-state index is 13.6. The number of imidazole rings is 1. The SMILES string of the molecule is COC(=O)c1ccc(Cn2cnc3c4cccnc4n(-c4ccccc4)c(=O)c32)cc1. The van der Waals surface area contributed by atoms with Gasteiger partial charge < -0.3 is 9.30 Å². The molecule has 0 unspecified atom stereocenters. The van der Waals surface area contributed by atoms with Crippen LogP contribution in [0.2, 0.25) is 0 Å². The van der Waals surface area contributed by atoms with E-state index in [1.54, 1.807) is 29.2 Å². The number of esters is 1. The van der Waals surface area contributed by atoms with Gasteiger partial charge in [-0.3, -0.25) is 9.36 Å². The minimum atomic E-state index is -0.385. The van der Waals surface area contributed by atoms with E-state index in [1.165, 1.54) is 7.11 Å². The van der Waals surface area contributed by atoms with Gasteiger partial charge in [-0.15, -0.1) is 0 Å². The van der Waals surface area contributed by atoms with E-state index in [1.807, 2.05) is 59.2 Å². The molecular formula is C24H18N4O3. The molecule has 0 radical (unpaired) electrons. The van der Waals surface area contributed by atoms with E-state index < -0.39 is 0 Å². The van der Waals surface area contributed by atoms with Gasteiger partial charge >= 0.3 is 5.97 Å². The van der Waals surface area contributed by atoms with Crippen molar-refractivity contribution in [3.05, 3.63) is 101 Å². The fourth-order valence-corrected chi connectivity index (χ4v) is 3.76. The first-order valence-corrected chi connectivity index (χ1v) is 9.74. The van der Waals surface area contributed by atoms with Crippen LogP contribution in [-0.2, 0) is 11.3 Å². The summed E-state index contributed by atoms with van der Waals surface area (Å²) in [6, 6.07) is 20.3. The molecule has 0 amide bonds. The summed E-state index contributed by atoms with van der Waals surface area (Å²) in [7, 11) is 1.35. The van der Waals surface area contributed by atoms with E-state index >= 15 is 0 Å². The molecule has 0 aliphatic carbocycles. The number of methoxy groups -OCH3 is 1. The van der Waals surface area contributed by atoms with Gasteiger partial charge in [-0.1, -0.05) is 30.3 Å². The van der Waals surface area contributed by atoms with Gasteiger partial charge in [-0.25, -0.2) is 14.8 Å². The maximum Gasteiger partial charge on any atom is 0.337 e. The lowest BCUT2D eigenvalue weighted by molar-refractivity contribution is 0.0600. The molecule has 0 saturated carbocycles. The summed E-state index contributed by atoms with van der Waals surface area (Å²) in [4.78, 5) is 34.3. The predicted octanol–water partition coefficient (Wildman–Crippen LogP) is 3.57. The Labute approximate surface area is 177 Å². The van der Waals surface area contributed by atoms with Crippen molar-refractivity contribution in [1.82, 2.24) is 19.1 Å². The van der Waals surface area contributed by atoms with Crippen LogP contribution in [0.3, 0.4) is 0 Å². The zero-order chi connectivity index (χ0) is 21.4. The van der Waals surface area contributed by atoms with Crippen molar-refractivity contribution >= 4 is 28.0 Å². The second-order valence-corrected chi connectivity index (χ2v) is 7.11. The number of pyridine rings is 2. The minimum absolute atomic E-state index is 0.184. The lowest BCUT2D eigenvalue weighted by Crippen LogP contribution is -2.22. The summed E-state index contributed by atoms with van der Waals surface area (Å²) < 4.78 is 8.20. The number of carbonyl (C=O) groups excluding carboxylic acids is 1. The number of para-hydroxylation sites is 1. The molecular weight excluding hydrogens is 392 g/mol. The van der Waals surface area contributed by atoms with E-state index in [-0.39, 0.29) is 11.5 Å². The predicted molar refractivity (Wildman–Crippen MR) is 118 cm³/mol. The largest absolute Gasteiger partial charge is 0.465 e. The van der Waals surface area contributed by atoms with Gasteiger partial charge in [0.2, 0.25) is 0 Å². The van der Waals surface area contributed by atoms with E-state index in [4.69, 9.17) is 4.74 Å². The highest BCUT2D eigenvalue weighted by Gasteiger charge is 2.17. The first kappa shape index (κ1) is 18.7. The van der Waals surface area contributed by atoms with Crippen molar-refractivity contribution in [3.8, 4) is 5.69 Å². The van der Waals surface area contributed by atoms with Crippen molar-refractivity contribution in [3.63, 3.8) is 0 Å². The summed E-state index contributed by atoms with van der Waals surface area (Å²) in [5.41, 5.74) is 3.66. The van der Waals surface area contributed by atoms with E-state index in [9.17, 15) is 9.59 Å². The molecule has 0 spiro atoms. The molecule has 0 fully saturated rings. The summed E-state index contributed by atoms with van der Waals surface area (Å²) in [5.74, 6) is -0.385. The number of fused-ring (bicyclic) bond motifs is 3. The van der Waals surface area contributed by atoms with Crippen molar-refractivity contribution < 1.29 is 9.53 Å². The summed E-state index contributed by atoms with van der Waals surface area (Å²) in [6.45, 7) is 0.438. The van der Waals surface area contributed by atoms with Crippen molar-refractivity contribution in [2.75, 3.05) is 7.11 Å². The van der Waals surface area contributed by atoms with Crippen LogP contribution in [0.15, 0.2) is 84.0 Å². The van der Waals surface area contributed by atoms with Crippen LogP contribution in [0.1, 0.15) is 15.9 Å². The standard InChI is InChI=1S/C24H18N4O3/c1-31-24(30)17-11-9-16(10-12-17)14-27-15-26-20-19-8-5-13-25-22(19)28(23(29)21(20)27)18-6-3-2-4-7-18/h2-13,15H,14H2,1H3. The Morgan fingerprint density at radius 2 is 1.74 bits per heavy atom. The second kappa shape index (κ2) is 7.53. The van der Waals surface area contributed by atoms with Gasteiger partial charge in [-0.05, 0) is 42.0 Å². The smallest absolute Gasteiger partial charge is 0.337 e. The molecule has 5 rings (SSSR count). The van der Waals surface area contributed by atoms with Crippen LogP contribution >= 0.6 is 0 Å². The molecule has 31 heavy (non-hydrogen) atoms. The molecule has 7 nitrogen and oxygen atoms in total. The Morgan fingerprint density at radius 3 is 2.48 bits per heavy atom. The number of aromatic nitrogens is 4. The Balaban J connectivity index is 1.69. The van der Waals surface area contributed by atoms with Crippen LogP contribution < -0.4 is 5.56 Å². The quantitative estimate of drug-likeness (QED) is 0.423. The van der Waals surface area contributed by atoms with E-state index in [0.29, 0.717) is 28.8 Å². The van der Waals surface area contributed by atoms with Crippen LogP contribution in [-0.4, -0.2) is 32.2 Å². The molecule has 5 aromatic rings. The first-order valence-electron chi connectivity index (χ1n) is 9.74. The fraction of sp³-hybridized carbons (Fsp3) is 0.0833. The fourth-order valence-electron chi connectivity index (χ4n) is 3.76. The number of hydrogen-bond donors (Lipinski definition) is 0. The first-order chi connectivity index (χ1) is 15.2. The zero-order valence-electron chi connectivity index (χ0n) is 16.7. The van der Waals surface area contributed by atoms with E-state index in [0.717, 1.165) is 16.6 Å². The van der Waals surface area contributed by atoms with Crippen LogP contribution in [0, 0.1) is 0 Å². The molecule has 0 aliphatic heterocycles. The number of nitrogens with zero attached hydrogens (tertiary/aromatic N) is 4. The molecule has 0 bridgehead atoms. The highest BCUT2D eigenvalue weighted by atomic mass is 16.5. The van der Waals surface area contributed by atoms with Gasteiger partial charge in [0.05, 0.1) is 24.7 Å². The molecule has 152 valence electrons. The van der Waals surface area contributed by atoms with Crippen molar-refractivity contribution in [2.24, 2.45) is 0 Å². The van der Waals surface area contributed by atoms with Gasteiger partial charge in [0, 0.05) is 18.1 Å². The summed E-state index contributed by atoms with van der Waals surface area (Å²) in [6.07, 6.45) is 3.34. The van der Waals surface area contributed by atoms with Crippen molar-refractivity contribution in [1.29, 1.82) is 0 Å². The monoisotopic (exact) mass is 410 g/mol. The van der Waals surface area contributed by atoms with Gasteiger partial charge in [0.25, 0.3) is 5.56 Å². The van der Waals surface area contributed by atoms with Crippen LogP contribution in [0.4, 0.5) is 0 Å². The van der Waals surface area contributed by atoms with E-state index in [2.05, 4.69) is 9.97 Å². The molecule has 0 atom stereocenters. The average Bonchev–Trinajstić information content (AvgIpc) is 3.24.